The van der Waals surface area contributed by atoms with E-state index in [1.165, 1.54) is 31.9 Å². The van der Waals surface area contributed by atoms with Crippen molar-refractivity contribution < 1.29 is 8.78 Å². The molecule has 0 aromatic carbocycles. The lowest BCUT2D eigenvalue weighted by molar-refractivity contribution is 0.154. The second kappa shape index (κ2) is 9.46. The van der Waals surface area contributed by atoms with Crippen LogP contribution < -0.4 is 0 Å². The molecular weight excluding hydrogens is 287 g/mol. The molecule has 4 heteroatoms. The average Bonchev–Trinajstić information content (AvgIpc) is 2.38. The first-order chi connectivity index (χ1) is 9.93. The Hall–Kier alpha value is -0.560. The minimum atomic E-state index is -2.87. The van der Waals surface area contributed by atoms with Crippen LogP contribution in [0.2, 0.25) is 0 Å². The van der Waals surface area contributed by atoms with Crippen LogP contribution in [0, 0.1) is 5.92 Å². The molecule has 1 aliphatic heterocycles. The van der Waals surface area contributed by atoms with Crippen LogP contribution in [0.25, 0.3) is 0 Å². The van der Waals surface area contributed by atoms with Crippen molar-refractivity contribution in [2.24, 2.45) is 10.9 Å². The lowest BCUT2D eigenvalue weighted by Crippen LogP contribution is -2.11. The van der Waals surface area contributed by atoms with Gasteiger partial charge in [0.2, 0.25) is 0 Å². The summed E-state index contributed by atoms with van der Waals surface area (Å²) in [4.78, 5) is 4.25. The first-order valence-corrected chi connectivity index (χ1v) is 8.61. The zero-order valence-electron chi connectivity index (χ0n) is 13.2. The summed E-state index contributed by atoms with van der Waals surface area (Å²) < 4.78 is 26.6. The maximum absolute atomic E-state index is 13.3. The molecule has 0 saturated carbocycles. The third-order valence-corrected chi connectivity index (χ3v) is 4.33. The van der Waals surface area contributed by atoms with Crippen LogP contribution in [0.3, 0.4) is 0 Å². The highest BCUT2D eigenvalue weighted by molar-refractivity contribution is 7.18. The van der Waals surface area contributed by atoms with Gasteiger partial charge in [0.1, 0.15) is 0 Å². The van der Waals surface area contributed by atoms with E-state index in [0.29, 0.717) is 6.42 Å². The molecule has 1 rings (SSSR count). The standard InChI is InChI=1S/C17H28F2NP/c1-3-14(2)9-5-4-6-11-16-12-8-7-10-15(13-20-16)17(18,19)21/h10,12-14H,3-9,11,21H2,1-2H3/b15-10+,16-12-,20-13+/t14-/m1/s1. The Labute approximate surface area is 130 Å². The van der Waals surface area contributed by atoms with Gasteiger partial charge in [0, 0.05) is 17.5 Å². The van der Waals surface area contributed by atoms with Crippen molar-refractivity contribution in [2.45, 2.75) is 70.9 Å². The molecule has 0 spiro atoms. The number of hydrogen-bond acceptors (Lipinski definition) is 1. The molecule has 1 nitrogen and oxygen atoms in total. The summed E-state index contributed by atoms with van der Waals surface area (Å²) in [7, 11) is 1.59. The fourth-order valence-electron chi connectivity index (χ4n) is 2.32. The molecule has 0 radical (unpaired) electrons. The molecule has 1 aliphatic rings. The molecule has 0 fully saturated rings. The number of halogens is 2. The van der Waals surface area contributed by atoms with E-state index in [1.54, 1.807) is 15.3 Å². The minimum absolute atomic E-state index is 0.00914. The quantitative estimate of drug-likeness (QED) is 0.377. The smallest absolute Gasteiger partial charge is 0.261 e. The molecule has 1 unspecified atom stereocenters. The molecule has 0 bridgehead atoms. The topological polar surface area (TPSA) is 12.4 Å². The Morgan fingerprint density at radius 2 is 1.95 bits per heavy atom. The van der Waals surface area contributed by atoms with E-state index in [2.05, 4.69) is 24.9 Å². The van der Waals surface area contributed by atoms with Gasteiger partial charge < -0.3 is 0 Å². The van der Waals surface area contributed by atoms with Crippen LogP contribution in [0.4, 0.5) is 8.78 Å². The number of unbranched alkanes of at least 4 members (excludes halogenated alkanes) is 2. The van der Waals surface area contributed by atoms with E-state index < -0.39 is 5.66 Å². The number of hydrogen-bond donors (Lipinski definition) is 0. The summed E-state index contributed by atoms with van der Waals surface area (Å²) in [5, 5.41) is 0. The molecule has 0 aromatic heterocycles. The van der Waals surface area contributed by atoms with Gasteiger partial charge in [-0.1, -0.05) is 60.9 Å². The van der Waals surface area contributed by atoms with E-state index in [4.69, 9.17) is 0 Å². The number of alkyl halides is 2. The van der Waals surface area contributed by atoms with Crippen LogP contribution in [0.1, 0.15) is 65.2 Å². The van der Waals surface area contributed by atoms with Crippen molar-refractivity contribution >= 4 is 15.5 Å². The average molecular weight is 315 g/mol. The van der Waals surface area contributed by atoms with Crippen molar-refractivity contribution in [1.29, 1.82) is 0 Å². The van der Waals surface area contributed by atoms with E-state index in [9.17, 15) is 8.78 Å². The van der Waals surface area contributed by atoms with Gasteiger partial charge in [-0.15, -0.1) is 0 Å². The molecule has 0 amide bonds. The molecule has 21 heavy (non-hydrogen) atoms. The van der Waals surface area contributed by atoms with Crippen LogP contribution >= 0.6 is 9.24 Å². The number of allylic oxidation sites excluding steroid dienone is 4. The molecule has 2 atom stereocenters. The first-order valence-electron chi connectivity index (χ1n) is 8.04. The van der Waals surface area contributed by atoms with Gasteiger partial charge in [-0.2, -0.15) is 8.78 Å². The van der Waals surface area contributed by atoms with E-state index in [-0.39, 0.29) is 5.57 Å². The van der Waals surface area contributed by atoms with E-state index in [0.717, 1.165) is 30.9 Å². The van der Waals surface area contributed by atoms with Gasteiger partial charge in [-0.25, -0.2) is 0 Å². The largest absolute Gasteiger partial charge is 0.285 e. The normalized spacial score (nSPS) is 24.2. The number of rotatable bonds is 8. The summed E-state index contributed by atoms with van der Waals surface area (Å²) in [6.07, 6.45) is 13.4. The van der Waals surface area contributed by atoms with E-state index >= 15 is 0 Å². The molecule has 1 heterocycles. The van der Waals surface area contributed by atoms with Crippen molar-refractivity contribution in [3.05, 3.63) is 23.4 Å². The summed E-state index contributed by atoms with van der Waals surface area (Å²) in [5.74, 6) is 0.806. The molecule has 0 aromatic rings. The second-order valence-electron chi connectivity index (χ2n) is 5.93. The van der Waals surface area contributed by atoms with Gasteiger partial charge in [0.05, 0.1) is 0 Å². The molecule has 0 aliphatic carbocycles. The maximum Gasteiger partial charge on any atom is 0.285 e. The summed E-state index contributed by atoms with van der Waals surface area (Å²) in [6.45, 7) is 4.52. The fraction of sp³-hybridized carbons (Fsp3) is 0.706. The fourth-order valence-corrected chi connectivity index (χ4v) is 2.51. The molecule has 0 N–H and O–H groups in total. The van der Waals surface area contributed by atoms with Gasteiger partial charge in [0.25, 0.3) is 5.66 Å². The predicted octanol–water partition coefficient (Wildman–Crippen LogP) is 6.13. The summed E-state index contributed by atoms with van der Waals surface area (Å²) >= 11 is 0. The first kappa shape index (κ1) is 18.5. The Bertz CT molecular complexity index is 394. The third-order valence-electron chi connectivity index (χ3n) is 3.99. The van der Waals surface area contributed by atoms with Crippen LogP contribution in [-0.4, -0.2) is 11.9 Å². The Morgan fingerprint density at radius 3 is 2.62 bits per heavy atom. The van der Waals surface area contributed by atoms with Crippen molar-refractivity contribution in [2.75, 3.05) is 0 Å². The van der Waals surface area contributed by atoms with E-state index in [1.807, 2.05) is 0 Å². The maximum atomic E-state index is 13.3. The Balaban J connectivity index is 2.37. The monoisotopic (exact) mass is 315 g/mol. The number of nitrogens with zero attached hydrogens (tertiary/aromatic N) is 1. The van der Waals surface area contributed by atoms with Crippen molar-refractivity contribution in [3.63, 3.8) is 0 Å². The number of aliphatic imine (C=N–C) groups is 1. The Kier molecular flexibility index (Phi) is 8.33. The summed E-state index contributed by atoms with van der Waals surface area (Å²) in [6, 6.07) is 0. The zero-order valence-corrected chi connectivity index (χ0v) is 14.4. The van der Waals surface area contributed by atoms with Crippen LogP contribution in [0.5, 0.6) is 0 Å². The predicted molar refractivity (Wildman–Crippen MR) is 91.1 cm³/mol. The highest BCUT2D eigenvalue weighted by Gasteiger charge is 2.26. The Morgan fingerprint density at radius 1 is 1.24 bits per heavy atom. The molecule has 120 valence electrons. The van der Waals surface area contributed by atoms with Crippen molar-refractivity contribution in [3.8, 4) is 0 Å². The zero-order chi connectivity index (χ0) is 15.7. The summed E-state index contributed by atoms with van der Waals surface area (Å²) in [5.41, 5.74) is -1.91. The van der Waals surface area contributed by atoms with Crippen LogP contribution in [0.15, 0.2) is 28.4 Å². The van der Waals surface area contributed by atoms with Gasteiger partial charge >= 0.3 is 0 Å². The minimum Gasteiger partial charge on any atom is -0.261 e. The lowest BCUT2D eigenvalue weighted by Gasteiger charge is -2.13. The van der Waals surface area contributed by atoms with Crippen molar-refractivity contribution in [1.82, 2.24) is 0 Å². The lowest BCUT2D eigenvalue weighted by atomic mass is 10.00. The molecular formula is C17H28F2NP. The SMILES string of the molecule is CC[C@@H](C)CCCCCC1=C\CC\C=C(C(F)(F)P)/C=N/1. The van der Waals surface area contributed by atoms with Gasteiger partial charge in [0.15, 0.2) is 0 Å². The molecule has 0 saturated heterocycles. The second-order valence-corrected chi connectivity index (χ2v) is 6.65. The highest BCUT2D eigenvalue weighted by atomic mass is 31.0. The highest BCUT2D eigenvalue weighted by Crippen LogP contribution is 2.31. The van der Waals surface area contributed by atoms with Crippen LogP contribution in [-0.2, 0) is 0 Å². The van der Waals surface area contributed by atoms with Gasteiger partial charge in [-0.05, 0) is 31.6 Å². The van der Waals surface area contributed by atoms with Gasteiger partial charge in [-0.3, -0.25) is 4.99 Å². The third kappa shape index (κ3) is 7.85.